The highest BCUT2D eigenvalue weighted by Crippen LogP contribution is 2.31. The summed E-state index contributed by atoms with van der Waals surface area (Å²) in [5.41, 5.74) is -0.195. The van der Waals surface area contributed by atoms with Gasteiger partial charge in [0.05, 0.1) is 18.2 Å². The van der Waals surface area contributed by atoms with Gasteiger partial charge in [0, 0.05) is 11.5 Å². The fourth-order valence-electron chi connectivity index (χ4n) is 1.40. The lowest BCUT2D eigenvalue weighted by atomic mass is 10.1. The standard InChI is InChI=1S/C11H8F3NO/c1-16-10-5-2-7-6-8(11(12,13)14)3-4-9(7)15-10/h2-6H,1H3. The van der Waals surface area contributed by atoms with Crippen molar-refractivity contribution in [3.63, 3.8) is 0 Å². The lowest BCUT2D eigenvalue weighted by Crippen LogP contribution is -2.04. The quantitative estimate of drug-likeness (QED) is 0.745. The Morgan fingerprint density at radius 1 is 1.12 bits per heavy atom. The van der Waals surface area contributed by atoms with Crippen molar-refractivity contribution in [2.75, 3.05) is 7.11 Å². The van der Waals surface area contributed by atoms with E-state index in [0.29, 0.717) is 16.8 Å². The molecule has 1 heterocycles. The van der Waals surface area contributed by atoms with E-state index in [1.54, 1.807) is 6.07 Å². The van der Waals surface area contributed by atoms with Crippen molar-refractivity contribution in [1.29, 1.82) is 0 Å². The highest BCUT2D eigenvalue weighted by Gasteiger charge is 2.30. The monoisotopic (exact) mass is 227 g/mol. The molecule has 1 aromatic heterocycles. The summed E-state index contributed by atoms with van der Waals surface area (Å²) in [6.07, 6.45) is -4.33. The summed E-state index contributed by atoms with van der Waals surface area (Å²) in [6.45, 7) is 0. The van der Waals surface area contributed by atoms with Gasteiger partial charge in [0.1, 0.15) is 0 Å². The van der Waals surface area contributed by atoms with Gasteiger partial charge in [-0.25, -0.2) is 4.98 Å². The number of benzene rings is 1. The van der Waals surface area contributed by atoms with Gasteiger partial charge < -0.3 is 4.74 Å². The van der Waals surface area contributed by atoms with Crippen LogP contribution in [0.15, 0.2) is 30.3 Å². The molecular weight excluding hydrogens is 219 g/mol. The Hall–Kier alpha value is -1.78. The molecule has 0 unspecified atom stereocenters. The molecule has 5 heteroatoms. The molecule has 16 heavy (non-hydrogen) atoms. The lowest BCUT2D eigenvalue weighted by Gasteiger charge is -2.07. The molecule has 0 aliphatic rings. The smallest absolute Gasteiger partial charge is 0.416 e. The highest BCUT2D eigenvalue weighted by atomic mass is 19.4. The van der Waals surface area contributed by atoms with Crippen LogP contribution < -0.4 is 4.74 Å². The number of fused-ring (bicyclic) bond motifs is 1. The Balaban J connectivity index is 2.56. The maximum atomic E-state index is 12.4. The molecule has 2 rings (SSSR count). The summed E-state index contributed by atoms with van der Waals surface area (Å²) < 4.78 is 42.1. The highest BCUT2D eigenvalue weighted by molar-refractivity contribution is 5.79. The van der Waals surface area contributed by atoms with E-state index in [0.717, 1.165) is 12.1 Å². The van der Waals surface area contributed by atoms with Gasteiger partial charge in [0.15, 0.2) is 0 Å². The molecule has 0 radical (unpaired) electrons. The predicted molar refractivity (Wildman–Crippen MR) is 53.3 cm³/mol. The van der Waals surface area contributed by atoms with Crippen LogP contribution in [0.4, 0.5) is 13.2 Å². The van der Waals surface area contributed by atoms with Gasteiger partial charge >= 0.3 is 6.18 Å². The van der Waals surface area contributed by atoms with Crippen molar-refractivity contribution in [2.45, 2.75) is 6.18 Å². The van der Waals surface area contributed by atoms with Crippen molar-refractivity contribution in [3.8, 4) is 5.88 Å². The molecule has 0 aliphatic heterocycles. The van der Waals surface area contributed by atoms with Crippen molar-refractivity contribution in [3.05, 3.63) is 35.9 Å². The van der Waals surface area contributed by atoms with Gasteiger partial charge in [-0.15, -0.1) is 0 Å². The number of ether oxygens (including phenoxy) is 1. The molecular formula is C11H8F3NO. The molecule has 0 saturated heterocycles. The SMILES string of the molecule is COc1ccc2cc(C(F)(F)F)ccc2n1. The van der Waals surface area contributed by atoms with E-state index in [1.165, 1.54) is 19.2 Å². The maximum absolute atomic E-state index is 12.4. The fourth-order valence-corrected chi connectivity index (χ4v) is 1.40. The Kier molecular flexibility index (Phi) is 2.46. The number of hydrogen-bond acceptors (Lipinski definition) is 2. The van der Waals surface area contributed by atoms with E-state index in [4.69, 9.17) is 4.74 Å². The van der Waals surface area contributed by atoms with Crippen molar-refractivity contribution in [1.82, 2.24) is 4.98 Å². The second-order valence-electron chi connectivity index (χ2n) is 3.26. The number of methoxy groups -OCH3 is 1. The van der Waals surface area contributed by atoms with Crippen LogP contribution in [0.25, 0.3) is 10.9 Å². The fraction of sp³-hybridized carbons (Fsp3) is 0.182. The van der Waals surface area contributed by atoms with Gasteiger partial charge in [-0.2, -0.15) is 13.2 Å². The van der Waals surface area contributed by atoms with Crippen LogP contribution in [0, 0.1) is 0 Å². The van der Waals surface area contributed by atoms with Crippen LogP contribution in [-0.2, 0) is 6.18 Å². The Labute approximate surface area is 89.7 Å². The molecule has 0 N–H and O–H groups in total. The van der Waals surface area contributed by atoms with Crippen LogP contribution in [-0.4, -0.2) is 12.1 Å². The summed E-state index contributed by atoms with van der Waals surface area (Å²) in [5.74, 6) is 0.382. The molecule has 0 spiro atoms. The average Bonchev–Trinajstić information content (AvgIpc) is 2.26. The summed E-state index contributed by atoms with van der Waals surface area (Å²) in [4.78, 5) is 4.03. The van der Waals surface area contributed by atoms with E-state index in [2.05, 4.69) is 4.98 Å². The lowest BCUT2D eigenvalue weighted by molar-refractivity contribution is -0.137. The summed E-state index contributed by atoms with van der Waals surface area (Å²) in [5, 5.41) is 0.440. The van der Waals surface area contributed by atoms with Crippen molar-refractivity contribution < 1.29 is 17.9 Å². The van der Waals surface area contributed by atoms with Crippen LogP contribution >= 0.6 is 0 Å². The minimum atomic E-state index is -4.33. The van der Waals surface area contributed by atoms with Gasteiger partial charge in [0.25, 0.3) is 0 Å². The minimum Gasteiger partial charge on any atom is -0.481 e. The first kappa shape index (κ1) is 10.7. The van der Waals surface area contributed by atoms with Gasteiger partial charge in [0.2, 0.25) is 5.88 Å². The van der Waals surface area contributed by atoms with E-state index in [9.17, 15) is 13.2 Å². The van der Waals surface area contributed by atoms with Gasteiger partial charge in [-0.1, -0.05) is 0 Å². The number of aromatic nitrogens is 1. The third-order valence-corrected chi connectivity index (χ3v) is 2.20. The van der Waals surface area contributed by atoms with Gasteiger partial charge in [-0.05, 0) is 24.3 Å². The third-order valence-electron chi connectivity index (χ3n) is 2.20. The van der Waals surface area contributed by atoms with Gasteiger partial charge in [-0.3, -0.25) is 0 Å². The second kappa shape index (κ2) is 3.66. The molecule has 0 saturated carbocycles. The number of alkyl halides is 3. The zero-order valence-corrected chi connectivity index (χ0v) is 8.38. The Bertz CT molecular complexity index is 522. The summed E-state index contributed by atoms with van der Waals surface area (Å²) >= 11 is 0. The minimum absolute atomic E-state index is 0.382. The summed E-state index contributed by atoms with van der Waals surface area (Å²) in [7, 11) is 1.46. The molecule has 2 aromatic rings. The molecule has 0 aliphatic carbocycles. The van der Waals surface area contributed by atoms with Crippen LogP contribution in [0.1, 0.15) is 5.56 Å². The van der Waals surface area contributed by atoms with Crippen LogP contribution in [0.2, 0.25) is 0 Å². The van der Waals surface area contributed by atoms with Crippen molar-refractivity contribution in [2.24, 2.45) is 0 Å². The first-order valence-electron chi connectivity index (χ1n) is 4.53. The number of hydrogen-bond donors (Lipinski definition) is 0. The first-order valence-corrected chi connectivity index (χ1v) is 4.53. The normalized spacial score (nSPS) is 11.8. The maximum Gasteiger partial charge on any atom is 0.416 e. The number of halogens is 3. The predicted octanol–water partition coefficient (Wildman–Crippen LogP) is 3.26. The zero-order valence-electron chi connectivity index (χ0n) is 8.38. The number of pyridine rings is 1. The summed E-state index contributed by atoms with van der Waals surface area (Å²) in [6, 6.07) is 6.50. The van der Waals surface area contributed by atoms with E-state index in [-0.39, 0.29) is 0 Å². The molecule has 84 valence electrons. The average molecular weight is 227 g/mol. The Morgan fingerprint density at radius 3 is 2.50 bits per heavy atom. The molecule has 0 bridgehead atoms. The van der Waals surface area contributed by atoms with Crippen LogP contribution in [0.3, 0.4) is 0 Å². The number of rotatable bonds is 1. The topological polar surface area (TPSA) is 22.1 Å². The van der Waals surface area contributed by atoms with E-state index >= 15 is 0 Å². The third kappa shape index (κ3) is 1.93. The van der Waals surface area contributed by atoms with E-state index in [1.807, 2.05) is 0 Å². The molecule has 1 aromatic carbocycles. The van der Waals surface area contributed by atoms with E-state index < -0.39 is 11.7 Å². The largest absolute Gasteiger partial charge is 0.481 e. The molecule has 2 nitrogen and oxygen atoms in total. The molecule has 0 amide bonds. The zero-order chi connectivity index (χ0) is 11.8. The number of nitrogens with zero attached hydrogens (tertiary/aromatic N) is 1. The molecule has 0 atom stereocenters. The van der Waals surface area contributed by atoms with Crippen molar-refractivity contribution >= 4 is 10.9 Å². The van der Waals surface area contributed by atoms with Crippen LogP contribution in [0.5, 0.6) is 5.88 Å². The Morgan fingerprint density at radius 2 is 1.88 bits per heavy atom. The first-order chi connectivity index (χ1) is 7.50. The molecule has 0 fully saturated rings. The second-order valence-corrected chi connectivity index (χ2v) is 3.26.